The van der Waals surface area contributed by atoms with Crippen LogP contribution in [0.25, 0.3) is 11.3 Å². The van der Waals surface area contributed by atoms with Gasteiger partial charge in [0.25, 0.3) is 15.6 Å². The first-order valence-corrected chi connectivity index (χ1v) is 10.1. The lowest BCUT2D eigenvalue weighted by molar-refractivity contribution is -0.118. The Hall–Kier alpha value is -3.86. The van der Waals surface area contributed by atoms with Crippen LogP contribution in [0.5, 0.6) is 0 Å². The Bertz CT molecular complexity index is 1240. The van der Waals surface area contributed by atoms with Crippen LogP contribution in [0.2, 0.25) is 0 Å². The van der Waals surface area contributed by atoms with Crippen LogP contribution in [0.15, 0.2) is 70.6 Å². The van der Waals surface area contributed by atoms with Gasteiger partial charge in [0, 0.05) is 36.6 Å². The molecule has 0 atom stereocenters. The molecular formula is C19H17N5O5S. The van der Waals surface area contributed by atoms with Crippen molar-refractivity contribution in [2.24, 2.45) is 0 Å². The fourth-order valence-electron chi connectivity index (χ4n) is 2.54. The number of carbonyl (C=O) groups is 2. The van der Waals surface area contributed by atoms with E-state index >= 15 is 0 Å². The number of aromatic nitrogens is 3. The lowest BCUT2D eigenvalue weighted by Crippen LogP contribution is -2.29. The van der Waals surface area contributed by atoms with Crippen molar-refractivity contribution in [2.75, 3.05) is 5.32 Å². The van der Waals surface area contributed by atoms with Gasteiger partial charge in [-0.05, 0) is 42.5 Å². The molecule has 154 valence electrons. The van der Waals surface area contributed by atoms with Crippen molar-refractivity contribution in [2.45, 2.75) is 18.4 Å². The first kappa shape index (κ1) is 20.9. The summed E-state index contributed by atoms with van der Waals surface area (Å²) in [4.78, 5) is 39.1. The van der Waals surface area contributed by atoms with E-state index < -0.39 is 27.4 Å². The molecule has 0 aliphatic rings. The second-order valence-corrected chi connectivity index (χ2v) is 7.87. The van der Waals surface area contributed by atoms with Gasteiger partial charge >= 0.3 is 0 Å². The summed E-state index contributed by atoms with van der Waals surface area (Å²) in [7, 11) is -3.96. The molecule has 2 aromatic heterocycles. The Balaban J connectivity index is 1.72. The van der Waals surface area contributed by atoms with Crippen molar-refractivity contribution in [3.05, 3.63) is 71.3 Å². The van der Waals surface area contributed by atoms with Crippen molar-refractivity contribution in [1.29, 1.82) is 0 Å². The van der Waals surface area contributed by atoms with Crippen LogP contribution in [-0.2, 0) is 26.2 Å². The van der Waals surface area contributed by atoms with E-state index in [0.717, 1.165) is 17.2 Å². The first-order chi connectivity index (χ1) is 14.2. The van der Waals surface area contributed by atoms with E-state index in [2.05, 4.69) is 15.4 Å². The van der Waals surface area contributed by atoms with Gasteiger partial charge in [0.1, 0.15) is 6.54 Å². The summed E-state index contributed by atoms with van der Waals surface area (Å²) in [6.45, 7) is 0.759. The molecule has 0 saturated carbocycles. The zero-order chi connectivity index (χ0) is 21.7. The van der Waals surface area contributed by atoms with Crippen LogP contribution >= 0.6 is 0 Å². The predicted octanol–water partition coefficient (Wildman–Crippen LogP) is 0.769. The standard InChI is InChI=1S/C19H17N5O5S/c1-13(25)23-30(28,29)16-4-2-15(3-5-16)21-18(26)12-24-19(27)7-6-17(22-24)14-8-10-20-11-9-14/h2-11H,12H2,1H3,(H,21,26)(H,23,25). The van der Waals surface area contributed by atoms with Gasteiger partial charge in [0.15, 0.2) is 0 Å². The van der Waals surface area contributed by atoms with E-state index in [-0.39, 0.29) is 11.4 Å². The van der Waals surface area contributed by atoms with Crippen molar-refractivity contribution in [3.63, 3.8) is 0 Å². The molecule has 0 bridgehead atoms. The first-order valence-electron chi connectivity index (χ1n) is 8.66. The largest absolute Gasteiger partial charge is 0.324 e. The molecule has 30 heavy (non-hydrogen) atoms. The fraction of sp³-hybridized carbons (Fsp3) is 0.105. The SMILES string of the molecule is CC(=O)NS(=O)(=O)c1ccc(NC(=O)Cn2nc(-c3ccncc3)ccc2=O)cc1. The van der Waals surface area contributed by atoms with E-state index in [4.69, 9.17) is 0 Å². The molecule has 2 amide bonds. The number of benzene rings is 1. The molecule has 0 radical (unpaired) electrons. The fourth-order valence-corrected chi connectivity index (χ4v) is 3.53. The third-order valence-electron chi connectivity index (χ3n) is 3.86. The second-order valence-electron chi connectivity index (χ2n) is 6.18. The van der Waals surface area contributed by atoms with Crippen LogP contribution < -0.4 is 15.6 Å². The third-order valence-corrected chi connectivity index (χ3v) is 5.31. The summed E-state index contributed by atoms with van der Waals surface area (Å²) in [6, 6.07) is 11.6. The highest BCUT2D eigenvalue weighted by atomic mass is 32.2. The van der Waals surface area contributed by atoms with E-state index in [9.17, 15) is 22.8 Å². The van der Waals surface area contributed by atoms with Crippen LogP contribution in [0.3, 0.4) is 0 Å². The van der Waals surface area contributed by atoms with Gasteiger partial charge in [0.05, 0.1) is 10.6 Å². The molecule has 0 fully saturated rings. The van der Waals surface area contributed by atoms with Crippen molar-refractivity contribution in [3.8, 4) is 11.3 Å². The third kappa shape index (κ3) is 5.14. The molecular weight excluding hydrogens is 410 g/mol. The highest BCUT2D eigenvalue weighted by molar-refractivity contribution is 7.90. The molecule has 10 nitrogen and oxygen atoms in total. The molecule has 1 aromatic carbocycles. The van der Waals surface area contributed by atoms with Crippen molar-refractivity contribution >= 4 is 27.5 Å². The number of amides is 2. The summed E-state index contributed by atoms with van der Waals surface area (Å²) >= 11 is 0. The number of carbonyl (C=O) groups excluding carboxylic acids is 2. The monoisotopic (exact) mass is 427 g/mol. The molecule has 0 aliphatic heterocycles. The Morgan fingerprint density at radius 2 is 1.67 bits per heavy atom. The molecule has 0 unspecified atom stereocenters. The lowest BCUT2D eigenvalue weighted by Gasteiger charge is -2.09. The Labute approximate surface area is 171 Å². The van der Waals surface area contributed by atoms with Gasteiger partial charge in [-0.2, -0.15) is 5.10 Å². The minimum absolute atomic E-state index is 0.126. The molecule has 3 rings (SSSR count). The van der Waals surface area contributed by atoms with Gasteiger partial charge in [-0.15, -0.1) is 0 Å². The summed E-state index contributed by atoms with van der Waals surface area (Å²) in [6.07, 6.45) is 3.18. The predicted molar refractivity (Wildman–Crippen MR) is 108 cm³/mol. The molecule has 3 aromatic rings. The Kier molecular flexibility index (Phi) is 6.02. The summed E-state index contributed by atoms with van der Waals surface area (Å²) < 4.78 is 26.7. The second kappa shape index (κ2) is 8.66. The zero-order valence-corrected chi connectivity index (χ0v) is 16.6. The van der Waals surface area contributed by atoms with Gasteiger partial charge in [-0.25, -0.2) is 17.8 Å². The molecule has 2 N–H and O–H groups in total. The average Bonchev–Trinajstić information content (AvgIpc) is 2.70. The smallest absolute Gasteiger partial charge is 0.267 e. The number of pyridine rings is 1. The maximum Gasteiger partial charge on any atom is 0.267 e. The number of nitrogens with zero attached hydrogens (tertiary/aromatic N) is 3. The van der Waals surface area contributed by atoms with Crippen LogP contribution in [0, 0.1) is 0 Å². The molecule has 11 heteroatoms. The van der Waals surface area contributed by atoms with Gasteiger partial charge < -0.3 is 5.32 Å². The maximum atomic E-state index is 12.3. The summed E-state index contributed by atoms with van der Waals surface area (Å²) in [5.74, 6) is -1.23. The molecule has 0 saturated heterocycles. The normalized spacial score (nSPS) is 11.0. The van der Waals surface area contributed by atoms with Gasteiger partial charge in [0.2, 0.25) is 11.8 Å². The number of hydrogen-bond acceptors (Lipinski definition) is 7. The quantitative estimate of drug-likeness (QED) is 0.592. The Morgan fingerprint density at radius 3 is 2.30 bits per heavy atom. The molecule has 2 heterocycles. The number of nitrogens with one attached hydrogen (secondary N) is 2. The van der Waals surface area contributed by atoms with E-state index in [1.807, 2.05) is 4.72 Å². The van der Waals surface area contributed by atoms with Crippen LogP contribution in [0.1, 0.15) is 6.92 Å². The maximum absolute atomic E-state index is 12.3. The number of rotatable bonds is 6. The van der Waals surface area contributed by atoms with E-state index in [1.165, 1.54) is 30.3 Å². The number of sulfonamides is 1. The minimum atomic E-state index is -3.96. The average molecular weight is 427 g/mol. The highest BCUT2D eigenvalue weighted by Crippen LogP contribution is 2.15. The minimum Gasteiger partial charge on any atom is -0.324 e. The van der Waals surface area contributed by atoms with E-state index in [0.29, 0.717) is 11.4 Å². The highest BCUT2D eigenvalue weighted by Gasteiger charge is 2.15. The summed E-state index contributed by atoms with van der Waals surface area (Å²) in [5, 5.41) is 6.76. The lowest BCUT2D eigenvalue weighted by atomic mass is 10.2. The summed E-state index contributed by atoms with van der Waals surface area (Å²) in [5.41, 5.74) is 1.13. The van der Waals surface area contributed by atoms with Gasteiger partial charge in [-0.1, -0.05) is 0 Å². The van der Waals surface area contributed by atoms with Crippen LogP contribution in [0.4, 0.5) is 5.69 Å². The number of hydrogen-bond donors (Lipinski definition) is 2. The van der Waals surface area contributed by atoms with Crippen molar-refractivity contribution in [1.82, 2.24) is 19.5 Å². The van der Waals surface area contributed by atoms with Crippen LogP contribution in [-0.4, -0.2) is 35.0 Å². The topological polar surface area (TPSA) is 140 Å². The molecule has 0 spiro atoms. The van der Waals surface area contributed by atoms with Crippen molar-refractivity contribution < 1.29 is 18.0 Å². The Morgan fingerprint density at radius 1 is 1.00 bits per heavy atom. The van der Waals surface area contributed by atoms with Gasteiger partial charge in [-0.3, -0.25) is 19.4 Å². The zero-order valence-electron chi connectivity index (χ0n) is 15.8. The van der Waals surface area contributed by atoms with E-state index in [1.54, 1.807) is 30.6 Å². The number of anilines is 1. The molecule has 0 aliphatic carbocycles.